The maximum atomic E-state index is 13.3. The van der Waals surface area contributed by atoms with Gasteiger partial charge in [-0.15, -0.1) is 0 Å². The number of nitrogens with one attached hydrogen (secondary N) is 1. The van der Waals surface area contributed by atoms with Crippen LogP contribution in [-0.2, 0) is 14.3 Å². The van der Waals surface area contributed by atoms with Crippen LogP contribution >= 0.6 is 0 Å². The molecule has 3 N–H and O–H groups in total. The number of rotatable bonds is 51. The summed E-state index contributed by atoms with van der Waals surface area (Å²) in [6, 6.07) is -0.717. The summed E-state index contributed by atoms with van der Waals surface area (Å²) >= 11 is 0. The Balaban J connectivity index is 4.61. The lowest BCUT2D eigenvalue weighted by atomic mass is 10.0. The molecule has 6 nitrogen and oxygen atoms in total. The first kappa shape index (κ1) is 64.3. The molecule has 0 spiro atoms. The summed E-state index contributed by atoms with van der Waals surface area (Å²) in [5.74, 6) is -0.520. The topological polar surface area (TPSA) is 95.9 Å². The Morgan fingerprint density at radius 1 is 0.448 bits per heavy atom. The molecule has 0 bridgehead atoms. The number of aliphatic hydroxyl groups is 2. The number of esters is 1. The lowest BCUT2D eigenvalue weighted by Crippen LogP contribution is -2.46. The van der Waals surface area contributed by atoms with E-state index in [2.05, 4.69) is 99.0 Å². The maximum absolute atomic E-state index is 13.3. The van der Waals surface area contributed by atoms with Crippen LogP contribution in [0.25, 0.3) is 0 Å². The summed E-state index contributed by atoms with van der Waals surface area (Å²) in [7, 11) is 0. The molecule has 388 valence electrons. The molecule has 0 aromatic rings. The van der Waals surface area contributed by atoms with Crippen molar-refractivity contribution in [3.05, 3.63) is 72.9 Å². The summed E-state index contributed by atoms with van der Waals surface area (Å²) in [4.78, 5) is 26.3. The minimum Gasteiger partial charge on any atom is -0.462 e. The van der Waals surface area contributed by atoms with E-state index in [-0.39, 0.29) is 24.9 Å². The molecule has 0 aromatic carbocycles. The van der Waals surface area contributed by atoms with Gasteiger partial charge in [0.2, 0.25) is 5.91 Å². The molecule has 0 radical (unpaired) electrons. The fourth-order valence-electron chi connectivity index (χ4n) is 8.45. The second-order valence-corrected chi connectivity index (χ2v) is 19.3. The number of allylic oxidation sites excluding steroid dienone is 12. The van der Waals surface area contributed by atoms with Gasteiger partial charge in [-0.25, -0.2) is 0 Å². The molecule has 0 aliphatic carbocycles. The van der Waals surface area contributed by atoms with Gasteiger partial charge in [-0.2, -0.15) is 0 Å². The van der Waals surface area contributed by atoms with Crippen LogP contribution in [-0.4, -0.2) is 46.9 Å². The third-order valence-corrected chi connectivity index (χ3v) is 12.8. The molecule has 0 heterocycles. The summed E-state index contributed by atoms with van der Waals surface area (Å²) in [5.41, 5.74) is 0. The van der Waals surface area contributed by atoms with E-state index in [1.165, 1.54) is 128 Å². The summed E-state index contributed by atoms with van der Waals surface area (Å²) < 4.78 is 5.94. The third-order valence-electron chi connectivity index (χ3n) is 12.8. The maximum Gasteiger partial charge on any atom is 0.306 e. The molecule has 1 amide bonds. The Kier molecular flexibility index (Phi) is 52.1. The molecule has 0 fully saturated rings. The average Bonchev–Trinajstić information content (AvgIpc) is 3.32. The van der Waals surface area contributed by atoms with Crippen LogP contribution in [0.2, 0.25) is 0 Å². The Hall–Kier alpha value is -2.70. The zero-order valence-corrected chi connectivity index (χ0v) is 44.3. The highest BCUT2D eigenvalue weighted by Crippen LogP contribution is 2.18. The fraction of sp³-hybridized carbons (Fsp3) is 0.770. The molecule has 3 atom stereocenters. The van der Waals surface area contributed by atoms with Crippen LogP contribution < -0.4 is 5.32 Å². The van der Waals surface area contributed by atoms with E-state index in [4.69, 9.17) is 4.74 Å². The first-order chi connectivity index (χ1) is 33.0. The molecular weight excluding hydrogens is 827 g/mol. The van der Waals surface area contributed by atoms with E-state index in [1.807, 2.05) is 0 Å². The van der Waals surface area contributed by atoms with Gasteiger partial charge in [-0.3, -0.25) is 9.59 Å². The summed E-state index contributed by atoms with van der Waals surface area (Å²) in [6.07, 6.45) is 69.6. The van der Waals surface area contributed by atoms with E-state index < -0.39 is 18.2 Å². The van der Waals surface area contributed by atoms with Crippen molar-refractivity contribution in [2.24, 2.45) is 0 Å². The van der Waals surface area contributed by atoms with Crippen LogP contribution in [0.3, 0.4) is 0 Å². The lowest BCUT2D eigenvalue weighted by molar-refractivity contribution is -0.151. The molecule has 3 unspecified atom stereocenters. The quantitative estimate of drug-likeness (QED) is 0.0321. The minimum atomic E-state index is -0.801. The molecule has 67 heavy (non-hydrogen) atoms. The standard InChI is InChI=1S/C61H109NO5/c1-4-7-10-13-16-19-22-25-28-30-32-35-38-41-44-47-50-53-59(64)58(56-63)62-60(65)55-57(52-49-46-43-40-37-34-31-27-24-21-18-15-12-9-6-3)67-61(66)54-51-48-45-42-39-36-33-29-26-23-20-17-14-11-8-5-2/h8,11,17-18,20-21,26-27,29,31,36,39,57-59,63-64H,4-7,9-10,12-16,19,22-25,28,30,32-35,37-38,40-56H2,1-3H3,(H,62,65)/b11-8+,20-17+,21-18-,29-26+,31-27-,39-36+. The van der Waals surface area contributed by atoms with Crippen LogP contribution in [0.15, 0.2) is 72.9 Å². The zero-order valence-electron chi connectivity index (χ0n) is 44.3. The summed E-state index contributed by atoms with van der Waals surface area (Å²) in [5, 5.41) is 23.9. The molecule has 6 heteroatoms. The number of carbonyl (C=O) groups excluding carboxylic acids is 2. The van der Waals surface area contributed by atoms with E-state index in [1.54, 1.807) is 0 Å². The Morgan fingerprint density at radius 3 is 1.25 bits per heavy atom. The zero-order chi connectivity index (χ0) is 48.8. The van der Waals surface area contributed by atoms with Gasteiger partial charge >= 0.3 is 5.97 Å². The highest BCUT2D eigenvalue weighted by Gasteiger charge is 2.24. The number of hydrogen-bond donors (Lipinski definition) is 3. The first-order valence-corrected chi connectivity index (χ1v) is 28.7. The average molecular weight is 937 g/mol. The Morgan fingerprint density at radius 2 is 0.806 bits per heavy atom. The molecule has 0 aliphatic rings. The van der Waals surface area contributed by atoms with Crippen molar-refractivity contribution in [2.45, 2.75) is 296 Å². The fourth-order valence-corrected chi connectivity index (χ4v) is 8.45. The SMILES string of the molecule is CC/C=C/C/C=C/C/C=C/C/C=C/CCCCCC(=O)OC(CCCCCCC/C=C\C/C=C\CCCCC)CC(=O)NC(CO)C(O)CCCCCCCCCCCCCCCCCCC. The van der Waals surface area contributed by atoms with E-state index in [0.717, 1.165) is 103 Å². The lowest BCUT2D eigenvalue weighted by Gasteiger charge is -2.24. The normalized spacial score (nSPS) is 13.7. The van der Waals surface area contributed by atoms with Gasteiger partial charge in [0.05, 0.1) is 25.2 Å². The van der Waals surface area contributed by atoms with Crippen LogP contribution in [0, 0.1) is 0 Å². The highest BCUT2D eigenvalue weighted by molar-refractivity contribution is 5.77. The number of hydrogen-bond acceptors (Lipinski definition) is 5. The van der Waals surface area contributed by atoms with Crippen molar-refractivity contribution in [1.82, 2.24) is 5.32 Å². The minimum absolute atomic E-state index is 0.0533. The molecule has 0 rings (SSSR count). The van der Waals surface area contributed by atoms with Crippen LogP contribution in [0.1, 0.15) is 278 Å². The predicted octanol–water partition coefficient (Wildman–Crippen LogP) is 17.7. The van der Waals surface area contributed by atoms with Crippen molar-refractivity contribution >= 4 is 11.9 Å². The van der Waals surface area contributed by atoms with Gasteiger partial charge in [0.1, 0.15) is 6.10 Å². The number of amides is 1. The molecule has 0 saturated heterocycles. The monoisotopic (exact) mass is 936 g/mol. The second kappa shape index (κ2) is 54.2. The van der Waals surface area contributed by atoms with E-state index >= 15 is 0 Å². The third kappa shape index (κ3) is 49.5. The van der Waals surface area contributed by atoms with Crippen LogP contribution in [0.5, 0.6) is 0 Å². The molecule has 0 aliphatic heterocycles. The number of aliphatic hydroxyl groups excluding tert-OH is 2. The summed E-state index contributed by atoms with van der Waals surface area (Å²) in [6.45, 7) is 6.36. The van der Waals surface area contributed by atoms with Gasteiger partial charge < -0.3 is 20.3 Å². The van der Waals surface area contributed by atoms with Gasteiger partial charge in [0.25, 0.3) is 0 Å². The van der Waals surface area contributed by atoms with Crippen molar-refractivity contribution in [3.8, 4) is 0 Å². The van der Waals surface area contributed by atoms with Gasteiger partial charge in [0.15, 0.2) is 0 Å². The Bertz CT molecular complexity index is 1230. The van der Waals surface area contributed by atoms with E-state index in [9.17, 15) is 19.8 Å². The van der Waals surface area contributed by atoms with Crippen molar-refractivity contribution in [1.29, 1.82) is 0 Å². The Labute approximate surface area is 415 Å². The number of carbonyl (C=O) groups is 2. The molecular formula is C61H109NO5. The molecule has 0 saturated carbocycles. The van der Waals surface area contributed by atoms with E-state index in [0.29, 0.717) is 19.3 Å². The second-order valence-electron chi connectivity index (χ2n) is 19.3. The number of unbranched alkanes of at least 4 members (excludes halogenated alkanes) is 27. The van der Waals surface area contributed by atoms with Crippen LogP contribution in [0.4, 0.5) is 0 Å². The highest BCUT2D eigenvalue weighted by atomic mass is 16.5. The van der Waals surface area contributed by atoms with Gasteiger partial charge in [-0.05, 0) is 96.3 Å². The smallest absolute Gasteiger partial charge is 0.306 e. The van der Waals surface area contributed by atoms with Gasteiger partial charge in [-0.1, -0.05) is 241 Å². The molecule has 0 aromatic heterocycles. The largest absolute Gasteiger partial charge is 0.462 e. The number of ether oxygens (including phenoxy) is 1. The predicted molar refractivity (Wildman–Crippen MR) is 291 cm³/mol. The first-order valence-electron chi connectivity index (χ1n) is 28.7. The van der Waals surface area contributed by atoms with Crippen molar-refractivity contribution < 1.29 is 24.5 Å². The van der Waals surface area contributed by atoms with Crippen molar-refractivity contribution in [3.63, 3.8) is 0 Å². The van der Waals surface area contributed by atoms with Crippen molar-refractivity contribution in [2.75, 3.05) is 6.61 Å². The van der Waals surface area contributed by atoms with Gasteiger partial charge in [0, 0.05) is 6.42 Å².